The van der Waals surface area contributed by atoms with Gasteiger partial charge < -0.3 is 15.7 Å². The summed E-state index contributed by atoms with van der Waals surface area (Å²) in [7, 11) is 0. The molecule has 35 heavy (non-hydrogen) atoms. The molecular weight excluding hydrogens is 444 g/mol. The number of aryl methyl sites for hydroxylation is 1. The normalized spacial score (nSPS) is 12.2. The van der Waals surface area contributed by atoms with Crippen molar-refractivity contribution in [2.24, 2.45) is 0 Å². The fraction of sp³-hybridized carbons (Fsp3) is 0.154. The molecule has 0 radical (unpaired) electrons. The number of hydrogen-bond acceptors (Lipinski definition) is 7. The molecule has 4 aromatic rings. The first-order chi connectivity index (χ1) is 17.0. The highest BCUT2D eigenvalue weighted by Crippen LogP contribution is 2.39. The van der Waals surface area contributed by atoms with E-state index in [4.69, 9.17) is 15.6 Å². The Balaban J connectivity index is 0.000000917. The van der Waals surface area contributed by atoms with Crippen molar-refractivity contribution in [3.8, 4) is 17.2 Å². The maximum atomic E-state index is 13.1. The Morgan fingerprint density at radius 1 is 1.20 bits per heavy atom. The van der Waals surface area contributed by atoms with Gasteiger partial charge in [-0.05, 0) is 36.2 Å². The topological polar surface area (TPSA) is 146 Å². The Hall–Kier alpha value is -4.84. The number of rotatable bonds is 2. The van der Waals surface area contributed by atoms with E-state index in [1.165, 1.54) is 0 Å². The number of carbonyl (C=O) groups is 2. The monoisotopic (exact) mass is 466 g/mol. The number of fused-ring (bicyclic) bond motifs is 2. The number of aromatic nitrogens is 3. The highest BCUT2D eigenvalue weighted by Gasteiger charge is 2.29. The largest absolute Gasteiger partial charge is 0.483 e. The number of nitriles is 1. The Morgan fingerprint density at radius 2 is 1.94 bits per heavy atom. The van der Waals surface area contributed by atoms with Crippen LogP contribution in [-0.2, 0) is 17.8 Å². The maximum Gasteiger partial charge on any atom is 0.290 e. The van der Waals surface area contributed by atoms with E-state index in [2.05, 4.69) is 21.0 Å². The Bertz CT molecular complexity index is 1460. The predicted octanol–water partition coefficient (Wildman–Crippen LogP) is 3.35. The molecule has 0 aliphatic carbocycles. The Labute approximate surface area is 201 Å². The van der Waals surface area contributed by atoms with Crippen LogP contribution in [-0.4, -0.2) is 43.9 Å². The van der Waals surface area contributed by atoms with Crippen LogP contribution in [0.2, 0.25) is 0 Å². The van der Waals surface area contributed by atoms with Gasteiger partial charge in [0.05, 0.1) is 11.2 Å². The molecule has 0 saturated heterocycles. The lowest BCUT2D eigenvalue weighted by Gasteiger charge is -2.31. The van der Waals surface area contributed by atoms with Crippen LogP contribution in [0.1, 0.15) is 32.7 Å². The zero-order chi connectivity index (χ0) is 24.9. The number of pyridine rings is 3. The van der Waals surface area contributed by atoms with Crippen LogP contribution in [0.25, 0.3) is 22.0 Å². The second kappa shape index (κ2) is 9.97. The summed E-state index contributed by atoms with van der Waals surface area (Å²) in [5.41, 5.74) is 12.3. The summed E-state index contributed by atoms with van der Waals surface area (Å²) in [5, 5.41) is 17.8. The van der Waals surface area contributed by atoms with Gasteiger partial charge in [0.1, 0.15) is 17.5 Å². The third kappa shape index (κ3) is 4.37. The van der Waals surface area contributed by atoms with Gasteiger partial charge in [-0.3, -0.25) is 19.6 Å². The van der Waals surface area contributed by atoms with Crippen LogP contribution in [0.5, 0.6) is 0 Å². The number of benzene rings is 1. The standard InChI is InChI=1S/C25H20N6O.CH2O2/c1-15-4-5-17(18-3-2-9-29-23(15)18)22-19(13-26)24(27)30-21-8-12-31(14-20(21)22)25(32)16-6-10-28-11-7-16;2-1-3/h2-7,9-11H,8,12,14H2,1H3,(H2,27,30);1H,(H,2,3). The quantitative estimate of drug-likeness (QED) is 0.428. The van der Waals surface area contributed by atoms with Crippen molar-refractivity contribution in [1.82, 2.24) is 19.9 Å². The van der Waals surface area contributed by atoms with Gasteiger partial charge in [0.25, 0.3) is 12.4 Å². The molecule has 0 saturated carbocycles. The van der Waals surface area contributed by atoms with Crippen LogP contribution in [0.3, 0.4) is 0 Å². The Morgan fingerprint density at radius 3 is 2.66 bits per heavy atom. The minimum atomic E-state index is -0.250. The number of carbonyl (C=O) groups excluding carboxylic acids is 1. The molecule has 0 bridgehead atoms. The van der Waals surface area contributed by atoms with Crippen molar-refractivity contribution in [2.75, 3.05) is 12.3 Å². The van der Waals surface area contributed by atoms with Gasteiger partial charge in [-0.2, -0.15) is 5.26 Å². The lowest BCUT2D eigenvalue weighted by Crippen LogP contribution is -2.37. The fourth-order valence-corrected chi connectivity index (χ4v) is 4.37. The smallest absolute Gasteiger partial charge is 0.290 e. The summed E-state index contributed by atoms with van der Waals surface area (Å²) in [6.07, 6.45) is 5.54. The average molecular weight is 467 g/mol. The van der Waals surface area contributed by atoms with Crippen LogP contribution >= 0.6 is 0 Å². The Kier molecular flexibility index (Phi) is 6.64. The molecule has 9 nitrogen and oxygen atoms in total. The van der Waals surface area contributed by atoms with Crippen LogP contribution < -0.4 is 5.73 Å². The van der Waals surface area contributed by atoms with Gasteiger partial charge in [-0.15, -0.1) is 0 Å². The molecule has 0 atom stereocenters. The SMILES string of the molecule is Cc1ccc(-c2c(C#N)c(N)nc3c2CN(C(=O)c2ccncc2)CC3)c2cccnc12.O=CO. The van der Waals surface area contributed by atoms with E-state index in [9.17, 15) is 10.1 Å². The summed E-state index contributed by atoms with van der Waals surface area (Å²) in [4.78, 5) is 36.3. The van der Waals surface area contributed by atoms with Gasteiger partial charge in [0.15, 0.2) is 0 Å². The van der Waals surface area contributed by atoms with E-state index in [0.717, 1.165) is 38.9 Å². The second-order valence-electron chi connectivity index (χ2n) is 7.93. The van der Waals surface area contributed by atoms with Crippen molar-refractivity contribution in [3.63, 3.8) is 0 Å². The van der Waals surface area contributed by atoms with E-state index in [1.54, 1.807) is 35.6 Å². The molecule has 1 aliphatic heterocycles. The highest BCUT2D eigenvalue weighted by atomic mass is 16.3. The predicted molar refractivity (Wildman–Crippen MR) is 130 cm³/mol. The molecule has 0 spiro atoms. The van der Waals surface area contributed by atoms with E-state index in [-0.39, 0.29) is 18.2 Å². The summed E-state index contributed by atoms with van der Waals surface area (Å²) < 4.78 is 0. The van der Waals surface area contributed by atoms with Crippen molar-refractivity contribution >= 4 is 29.1 Å². The van der Waals surface area contributed by atoms with Gasteiger partial charge in [-0.1, -0.05) is 18.2 Å². The lowest BCUT2D eigenvalue weighted by atomic mass is 9.88. The molecule has 0 unspecified atom stereocenters. The van der Waals surface area contributed by atoms with Crippen molar-refractivity contribution < 1.29 is 14.7 Å². The number of amides is 1. The number of nitrogens with two attached hydrogens (primary N) is 1. The zero-order valence-corrected chi connectivity index (χ0v) is 19.0. The minimum Gasteiger partial charge on any atom is -0.483 e. The molecule has 1 amide bonds. The van der Waals surface area contributed by atoms with Crippen LogP contribution in [0.4, 0.5) is 5.82 Å². The summed E-state index contributed by atoms with van der Waals surface area (Å²) >= 11 is 0. The number of hydrogen-bond donors (Lipinski definition) is 2. The molecular formula is C26H22N6O3. The van der Waals surface area contributed by atoms with Gasteiger partial charge in [0.2, 0.25) is 0 Å². The van der Waals surface area contributed by atoms with Crippen molar-refractivity contribution in [3.05, 3.63) is 82.9 Å². The molecule has 5 rings (SSSR count). The summed E-state index contributed by atoms with van der Waals surface area (Å²) in [6.45, 7) is 2.64. The first-order valence-electron chi connectivity index (χ1n) is 10.8. The third-order valence-electron chi connectivity index (χ3n) is 5.95. The molecule has 174 valence electrons. The third-order valence-corrected chi connectivity index (χ3v) is 5.95. The number of nitrogens with zero attached hydrogens (tertiary/aromatic N) is 5. The van der Waals surface area contributed by atoms with E-state index in [1.807, 2.05) is 31.2 Å². The van der Waals surface area contributed by atoms with Crippen molar-refractivity contribution in [1.29, 1.82) is 5.26 Å². The van der Waals surface area contributed by atoms with Gasteiger partial charge >= 0.3 is 0 Å². The molecule has 4 heterocycles. The van der Waals surface area contributed by atoms with E-state index < -0.39 is 0 Å². The second-order valence-corrected chi connectivity index (χ2v) is 7.93. The molecule has 9 heteroatoms. The lowest BCUT2D eigenvalue weighted by molar-refractivity contribution is -0.122. The molecule has 1 aromatic carbocycles. The molecule has 1 aliphatic rings. The summed E-state index contributed by atoms with van der Waals surface area (Å²) in [5.74, 6) is 0.141. The highest BCUT2D eigenvalue weighted by molar-refractivity contribution is 6.00. The maximum absolute atomic E-state index is 13.1. The summed E-state index contributed by atoms with van der Waals surface area (Å²) in [6, 6.07) is 13.5. The average Bonchev–Trinajstić information content (AvgIpc) is 2.89. The number of nitrogen functional groups attached to an aromatic ring is 1. The van der Waals surface area contributed by atoms with Crippen LogP contribution in [0, 0.1) is 18.3 Å². The number of anilines is 1. The van der Waals surface area contributed by atoms with E-state index >= 15 is 0 Å². The minimum absolute atomic E-state index is 0.0743. The first-order valence-corrected chi connectivity index (χ1v) is 10.8. The fourth-order valence-electron chi connectivity index (χ4n) is 4.37. The van der Waals surface area contributed by atoms with E-state index in [0.29, 0.717) is 30.6 Å². The zero-order valence-electron chi connectivity index (χ0n) is 19.0. The molecule has 3 aromatic heterocycles. The van der Waals surface area contributed by atoms with Gasteiger partial charge in [-0.25, -0.2) is 4.98 Å². The van der Waals surface area contributed by atoms with Gasteiger partial charge in [0, 0.05) is 60.2 Å². The van der Waals surface area contributed by atoms with Crippen LogP contribution in [0.15, 0.2) is 55.0 Å². The van der Waals surface area contributed by atoms with Crippen molar-refractivity contribution in [2.45, 2.75) is 19.9 Å². The molecule has 3 N–H and O–H groups in total. The first kappa shape index (κ1) is 23.3. The molecule has 0 fully saturated rings. The number of carboxylic acid groups (broad SMARTS) is 1.